The molecule has 2 heterocycles. The van der Waals surface area contributed by atoms with E-state index >= 15 is 0 Å². The fraction of sp³-hybridized carbons (Fsp3) is 0.400. The van der Waals surface area contributed by atoms with Gasteiger partial charge < -0.3 is 24.3 Å². The topological polar surface area (TPSA) is 75.0 Å². The molecule has 1 saturated heterocycles. The maximum Gasteiger partial charge on any atom is 0.289 e. The van der Waals surface area contributed by atoms with Crippen LogP contribution in [0.1, 0.15) is 22.5 Å². The van der Waals surface area contributed by atoms with Crippen LogP contribution >= 0.6 is 0 Å². The number of benzene rings is 1. The van der Waals surface area contributed by atoms with Gasteiger partial charge in [0.2, 0.25) is 5.91 Å². The van der Waals surface area contributed by atoms with Gasteiger partial charge in [-0.15, -0.1) is 0 Å². The van der Waals surface area contributed by atoms with Crippen molar-refractivity contribution in [2.45, 2.75) is 13.0 Å². The second-order valence-electron chi connectivity index (χ2n) is 6.39. The predicted octanol–water partition coefficient (Wildman–Crippen LogP) is 1.75. The van der Waals surface area contributed by atoms with Crippen molar-refractivity contribution in [2.75, 3.05) is 39.8 Å². The smallest absolute Gasteiger partial charge is 0.289 e. The summed E-state index contributed by atoms with van der Waals surface area (Å²) < 4.78 is 10.5. The highest BCUT2D eigenvalue weighted by Crippen LogP contribution is 2.16. The molecule has 7 heteroatoms. The first-order valence-electron chi connectivity index (χ1n) is 9.12. The molecule has 0 atom stereocenters. The van der Waals surface area contributed by atoms with Crippen molar-refractivity contribution in [3.05, 3.63) is 54.0 Å². The van der Waals surface area contributed by atoms with E-state index in [0.29, 0.717) is 51.4 Å². The maximum atomic E-state index is 12.4. The van der Waals surface area contributed by atoms with Crippen LogP contribution in [0.3, 0.4) is 0 Å². The fourth-order valence-corrected chi connectivity index (χ4v) is 3.14. The first kappa shape index (κ1) is 19.0. The van der Waals surface area contributed by atoms with Crippen molar-refractivity contribution in [1.82, 2.24) is 15.1 Å². The van der Waals surface area contributed by atoms with Crippen molar-refractivity contribution in [1.29, 1.82) is 0 Å². The van der Waals surface area contributed by atoms with E-state index in [-0.39, 0.29) is 11.8 Å². The number of nitrogens with zero attached hydrogens (tertiary/aromatic N) is 2. The highest BCUT2D eigenvalue weighted by Gasteiger charge is 2.25. The third-order valence-electron chi connectivity index (χ3n) is 4.68. The number of furan rings is 1. The van der Waals surface area contributed by atoms with Gasteiger partial charge in [0.25, 0.3) is 5.91 Å². The SMILES string of the molecule is COc1ccccc1CNCCC(=O)N1CCN(C(=O)c2ccco2)CC1. The highest BCUT2D eigenvalue weighted by atomic mass is 16.5. The quantitative estimate of drug-likeness (QED) is 0.751. The lowest BCUT2D eigenvalue weighted by Gasteiger charge is -2.34. The first-order valence-corrected chi connectivity index (χ1v) is 9.12. The maximum absolute atomic E-state index is 12.4. The first-order chi connectivity index (χ1) is 13.2. The summed E-state index contributed by atoms with van der Waals surface area (Å²) in [5.41, 5.74) is 1.07. The summed E-state index contributed by atoms with van der Waals surface area (Å²) in [6.07, 6.45) is 1.92. The van der Waals surface area contributed by atoms with Crippen LogP contribution in [-0.2, 0) is 11.3 Å². The Labute approximate surface area is 158 Å². The molecule has 2 amide bonds. The normalized spacial score (nSPS) is 14.3. The van der Waals surface area contributed by atoms with E-state index in [9.17, 15) is 9.59 Å². The summed E-state index contributed by atoms with van der Waals surface area (Å²) in [5.74, 6) is 1.17. The Morgan fingerprint density at radius 3 is 2.52 bits per heavy atom. The fourth-order valence-electron chi connectivity index (χ4n) is 3.14. The van der Waals surface area contributed by atoms with Crippen molar-refractivity contribution >= 4 is 11.8 Å². The number of methoxy groups -OCH3 is 1. The number of nitrogens with one attached hydrogen (secondary N) is 1. The highest BCUT2D eigenvalue weighted by molar-refractivity contribution is 5.91. The van der Waals surface area contributed by atoms with Crippen LogP contribution in [0, 0.1) is 0 Å². The number of rotatable bonds is 7. The second kappa shape index (κ2) is 9.23. The average molecular weight is 371 g/mol. The van der Waals surface area contributed by atoms with Crippen LogP contribution in [0.4, 0.5) is 0 Å². The van der Waals surface area contributed by atoms with Gasteiger partial charge in [-0.2, -0.15) is 0 Å². The van der Waals surface area contributed by atoms with Gasteiger partial charge in [0.1, 0.15) is 5.75 Å². The molecule has 27 heavy (non-hydrogen) atoms. The van der Waals surface area contributed by atoms with Gasteiger partial charge in [-0.3, -0.25) is 9.59 Å². The van der Waals surface area contributed by atoms with E-state index in [1.807, 2.05) is 29.2 Å². The molecule has 1 aromatic heterocycles. The van der Waals surface area contributed by atoms with Gasteiger partial charge in [-0.05, 0) is 18.2 Å². The standard InChI is InChI=1S/C20H25N3O4/c1-26-17-6-3-2-5-16(17)15-21-9-8-19(24)22-10-12-23(13-11-22)20(25)18-7-4-14-27-18/h2-7,14,21H,8-13,15H2,1H3. The van der Waals surface area contributed by atoms with Gasteiger partial charge in [-0.1, -0.05) is 18.2 Å². The van der Waals surface area contributed by atoms with E-state index in [4.69, 9.17) is 9.15 Å². The minimum absolute atomic E-state index is 0.104. The number of hydrogen-bond donors (Lipinski definition) is 1. The van der Waals surface area contributed by atoms with Crippen molar-refractivity contribution in [3.8, 4) is 5.75 Å². The lowest BCUT2D eigenvalue weighted by molar-refractivity contribution is -0.132. The molecule has 1 N–H and O–H groups in total. The molecule has 0 saturated carbocycles. The number of ether oxygens (including phenoxy) is 1. The zero-order chi connectivity index (χ0) is 19.1. The van der Waals surface area contributed by atoms with Crippen molar-refractivity contribution < 1.29 is 18.7 Å². The molecule has 0 unspecified atom stereocenters. The molecule has 1 aliphatic heterocycles. The minimum atomic E-state index is -0.120. The molecular formula is C20H25N3O4. The summed E-state index contributed by atoms with van der Waals surface area (Å²) >= 11 is 0. The number of para-hydroxylation sites is 1. The van der Waals surface area contributed by atoms with Gasteiger partial charge in [-0.25, -0.2) is 0 Å². The van der Waals surface area contributed by atoms with Gasteiger partial charge in [0, 0.05) is 51.3 Å². The summed E-state index contributed by atoms with van der Waals surface area (Å²) in [7, 11) is 1.65. The van der Waals surface area contributed by atoms with Crippen LogP contribution < -0.4 is 10.1 Å². The summed E-state index contributed by atoms with van der Waals surface area (Å²) in [4.78, 5) is 28.2. The van der Waals surface area contributed by atoms with Crippen molar-refractivity contribution in [2.24, 2.45) is 0 Å². The third-order valence-corrected chi connectivity index (χ3v) is 4.68. The minimum Gasteiger partial charge on any atom is -0.496 e. The molecule has 0 radical (unpaired) electrons. The lowest BCUT2D eigenvalue weighted by Crippen LogP contribution is -2.50. The Morgan fingerprint density at radius 2 is 1.81 bits per heavy atom. The molecule has 2 aromatic rings. The summed E-state index contributed by atoms with van der Waals surface area (Å²) in [6.45, 7) is 3.42. The zero-order valence-electron chi connectivity index (χ0n) is 15.5. The molecule has 7 nitrogen and oxygen atoms in total. The number of piperazine rings is 1. The van der Waals surface area contributed by atoms with Crippen molar-refractivity contribution in [3.63, 3.8) is 0 Å². The van der Waals surface area contributed by atoms with Gasteiger partial charge in [0.05, 0.1) is 13.4 Å². The molecule has 1 aliphatic rings. The number of carbonyl (C=O) groups is 2. The second-order valence-corrected chi connectivity index (χ2v) is 6.39. The molecule has 1 aromatic carbocycles. The Hall–Kier alpha value is -2.80. The molecule has 0 spiro atoms. The molecule has 3 rings (SSSR count). The molecule has 144 valence electrons. The molecule has 0 aliphatic carbocycles. The van der Waals surface area contributed by atoms with E-state index in [1.165, 1.54) is 6.26 Å². The van der Waals surface area contributed by atoms with E-state index in [2.05, 4.69) is 5.32 Å². The van der Waals surface area contributed by atoms with E-state index in [1.54, 1.807) is 24.1 Å². The van der Waals surface area contributed by atoms with Gasteiger partial charge >= 0.3 is 0 Å². The Kier molecular flexibility index (Phi) is 6.49. The molecule has 0 bridgehead atoms. The number of amides is 2. The van der Waals surface area contributed by atoms with Crippen LogP contribution in [-0.4, -0.2) is 61.4 Å². The Bertz CT molecular complexity index is 752. The summed E-state index contributed by atoms with van der Waals surface area (Å²) in [6, 6.07) is 11.2. The predicted molar refractivity (Wildman–Crippen MR) is 101 cm³/mol. The van der Waals surface area contributed by atoms with E-state index < -0.39 is 0 Å². The van der Waals surface area contributed by atoms with Crippen LogP contribution in [0.25, 0.3) is 0 Å². The van der Waals surface area contributed by atoms with E-state index in [0.717, 1.165) is 11.3 Å². The summed E-state index contributed by atoms with van der Waals surface area (Å²) in [5, 5.41) is 3.29. The molecule has 1 fully saturated rings. The van der Waals surface area contributed by atoms with Gasteiger partial charge in [0.15, 0.2) is 5.76 Å². The molecular weight excluding hydrogens is 346 g/mol. The number of carbonyl (C=O) groups excluding carboxylic acids is 2. The Balaban J connectivity index is 1.38. The lowest BCUT2D eigenvalue weighted by atomic mass is 10.2. The van der Waals surface area contributed by atoms with Crippen LogP contribution in [0.2, 0.25) is 0 Å². The monoisotopic (exact) mass is 371 g/mol. The average Bonchev–Trinajstić information content (AvgIpc) is 3.25. The third kappa shape index (κ3) is 4.89. The van der Waals surface area contributed by atoms with Crippen LogP contribution in [0.5, 0.6) is 5.75 Å². The van der Waals surface area contributed by atoms with Crippen LogP contribution in [0.15, 0.2) is 47.1 Å². The largest absolute Gasteiger partial charge is 0.496 e. The number of hydrogen-bond acceptors (Lipinski definition) is 5. The Morgan fingerprint density at radius 1 is 1.07 bits per heavy atom. The zero-order valence-corrected chi connectivity index (χ0v) is 15.5.